The van der Waals surface area contributed by atoms with Crippen molar-refractivity contribution in [1.82, 2.24) is 19.4 Å². The molecule has 0 radical (unpaired) electrons. The van der Waals surface area contributed by atoms with Crippen LogP contribution in [0.2, 0.25) is 0 Å². The number of alkyl halides is 3. The van der Waals surface area contributed by atoms with E-state index in [0.29, 0.717) is 31.4 Å². The zero-order valence-corrected chi connectivity index (χ0v) is 43.7. The highest BCUT2D eigenvalue weighted by Crippen LogP contribution is 2.32. The van der Waals surface area contributed by atoms with Crippen LogP contribution < -0.4 is 10.0 Å². The van der Waals surface area contributed by atoms with Crippen molar-refractivity contribution < 1.29 is 59.8 Å². The number of likely N-dealkylation sites (N-methyl/N-ethyl adjacent to an activating group) is 2. The maximum Gasteiger partial charge on any atom is 0.471 e. The fourth-order valence-electron chi connectivity index (χ4n) is 9.77. The van der Waals surface area contributed by atoms with Crippen molar-refractivity contribution in [3.05, 3.63) is 65.7 Å². The first kappa shape index (κ1) is 59.6. The lowest BCUT2D eigenvalue weighted by atomic mass is 9.83. The number of anilines is 1. The number of carbonyl (C=O) groups excluding carboxylic acids is 6. The molecule has 2 N–H and O–H groups in total. The number of Topliss-reactive ketones (excluding diaryl/α,β-unsaturated/α-hetero) is 2. The number of nitrogens with one attached hydrogen (secondary N) is 2. The second-order valence-electron chi connectivity index (χ2n) is 19.7. The van der Waals surface area contributed by atoms with Crippen molar-refractivity contribution in [2.45, 2.75) is 136 Å². The molecule has 2 aromatic carbocycles. The molecule has 1 saturated heterocycles. The molecule has 4 amide bonds. The van der Waals surface area contributed by atoms with Crippen LogP contribution in [0.15, 0.2) is 54.6 Å². The van der Waals surface area contributed by atoms with Gasteiger partial charge in [-0.2, -0.15) is 13.2 Å². The van der Waals surface area contributed by atoms with Gasteiger partial charge in [0.25, 0.3) is 0 Å². The molecule has 3 rings (SSSR count). The van der Waals surface area contributed by atoms with Crippen LogP contribution in [0.1, 0.15) is 98.1 Å². The molecule has 1 unspecified atom stereocenters. The third-order valence-electron chi connectivity index (χ3n) is 13.6. The van der Waals surface area contributed by atoms with E-state index in [9.17, 15) is 50.4 Å². The van der Waals surface area contributed by atoms with Crippen molar-refractivity contribution in [3.63, 3.8) is 0 Å². The normalized spacial score (nSPS) is 17.9. The lowest BCUT2D eigenvalue weighted by molar-refractivity contribution is -0.167. The highest BCUT2D eigenvalue weighted by Gasteiger charge is 2.44. The molecule has 0 saturated carbocycles. The number of nitrogens with zero attached hydrogens (tertiary/aromatic N) is 3. The summed E-state index contributed by atoms with van der Waals surface area (Å²) < 4.78 is 78.8. The van der Waals surface area contributed by atoms with Crippen molar-refractivity contribution >= 4 is 50.9 Å². The van der Waals surface area contributed by atoms with Gasteiger partial charge in [0.05, 0.1) is 42.5 Å². The molecule has 19 heteroatoms. The first-order chi connectivity index (χ1) is 32.7. The second-order valence-corrected chi connectivity index (χ2v) is 21.4. The van der Waals surface area contributed by atoms with Crippen LogP contribution in [-0.2, 0) is 60.4 Å². The molecule has 0 aliphatic carbocycles. The molecule has 9 atom stereocenters. The Morgan fingerprint density at radius 3 is 1.94 bits per heavy atom. The van der Waals surface area contributed by atoms with E-state index in [4.69, 9.17) is 9.47 Å². The number of hydrogen-bond acceptors (Lipinski definition) is 11. The predicted octanol–water partition coefficient (Wildman–Crippen LogP) is 6.69. The summed E-state index contributed by atoms with van der Waals surface area (Å²) in [4.78, 5) is 87.1. The highest BCUT2D eigenvalue weighted by molar-refractivity contribution is 7.89. The van der Waals surface area contributed by atoms with E-state index < -0.39 is 81.6 Å². The minimum Gasteiger partial charge on any atom is -0.379 e. The average Bonchev–Trinajstić information content (AvgIpc) is 3.77. The Bertz CT molecular complexity index is 2170. The van der Waals surface area contributed by atoms with Gasteiger partial charge in [-0.3, -0.25) is 38.4 Å². The third kappa shape index (κ3) is 16.7. The quantitative estimate of drug-likeness (QED) is 0.0971. The summed E-state index contributed by atoms with van der Waals surface area (Å²) in [5.41, 5.74) is 0.570. The number of rotatable bonds is 27. The van der Waals surface area contributed by atoms with Gasteiger partial charge >= 0.3 is 12.1 Å². The van der Waals surface area contributed by atoms with E-state index in [1.807, 2.05) is 60.5 Å². The van der Waals surface area contributed by atoms with Gasteiger partial charge in [0.15, 0.2) is 5.78 Å². The number of carbonyl (C=O) groups is 6. The van der Waals surface area contributed by atoms with Gasteiger partial charge < -0.3 is 24.6 Å². The zero-order chi connectivity index (χ0) is 52.8. The third-order valence-corrected chi connectivity index (χ3v) is 14.9. The Hall–Kier alpha value is -4.72. The fourth-order valence-corrected chi connectivity index (χ4v) is 10.9. The smallest absolute Gasteiger partial charge is 0.379 e. The van der Waals surface area contributed by atoms with Crippen LogP contribution >= 0.6 is 0 Å². The molecule has 1 heterocycles. The Morgan fingerprint density at radius 2 is 1.43 bits per heavy atom. The highest BCUT2D eigenvalue weighted by atomic mass is 32.2. The lowest BCUT2D eigenvalue weighted by Gasteiger charge is -2.41. The minimum absolute atomic E-state index is 0.00742. The van der Waals surface area contributed by atoms with Gasteiger partial charge in [-0.05, 0) is 74.4 Å². The van der Waals surface area contributed by atoms with Gasteiger partial charge in [-0.1, -0.05) is 97.4 Å². The number of halogens is 3. The van der Waals surface area contributed by atoms with Gasteiger partial charge in [0.1, 0.15) is 5.78 Å². The second kappa shape index (κ2) is 26.6. The van der Waals surface area contributed by atoms with Crippen LogP contribution in [-0.4, -0.2) is 137 Å². The Balaban J connectivity index is 1.81. The molecule has 1 aliphatic heterocycles. The Kier molecular flexibility index (Phi) is 22.7. The molecule has 70 heavy (non-hydrogen) atoms. The summed E-state index contributed by atoms with van der Waals surface area (Å²) in [6.45, 7) is 13.9. The molecule has 1 fully saturated rings. The van der Waals surface area contributed by atoms with Crippen LogP contribution in [0.5, 0.6) is 0 Å². The van der Waals surface area contributed by atoms with E-state index in [-0.39, 0.29) is 78.3 Å². The van der Waals surface area contributed by atoms with E-state index in [1.54, 1.807) is 59.4 Å². The van der Waals surface area contributed by atoms with Crippen molar-refractivity contribution in [2.75, 3.05) is 47.2 Å². The number of ketones is 2. The molecule has 1 aliphatic rings. The molecular formula is C51H76F3N5O10S. The molecule has 0 bridgehead atoms. The van der Waals surface area contributed by atoms with Gasteiger partial charge in [-0.15, -0.1) is 0 Å². The van der Waals surface area contributed by atoms with Crippen molar-refractivity contribution in [3.8, 4) is 0 Å². The Morgan fingerprint density at radius 1 is 0.814 bits per heavy atom. The maximum atomic E-state index is 14.5. The Labute approximate surface area is 413 Å². The predicted molar refractivity (Wildman–Crippen MR) is 262 cm³/mol. The average molecular weight is 1010 g/mol. The molecule has 392 valence electrons. The molecular weight excluding hydrogens is 932 g/mol. The lowest BCUT2D eigenvalue weighted by Crippen LogP contribution is -2.54. The number of ether oxygens (including phenoxy) is 2. The van der Waals surface area contributed by atoms with Crippen LogP contribution in [0, 0.1) is 35.5 Å². The van der Waals surface area contributed by atoms with E-state index in [2.05, 4.69) is 4.72 Å². The van der Waals surface area contributed by atoms with Crippen LogP contribution in [0.3, 0.4) is 0 Å². The largest absolute Gasteiger partial charge is 0.471 e. The van der Waals surface area contributed by atoms with Gasteiger partial charge in [0, 0.05) is 64.1 Å². The van der Waals surface area contributed by atoms with Crippen molar-refractivity contribution in [2.24, 2.45) is 35.5 Å². The number of sulfonamides is 1. The zero-order valence-electron chi connectivity index (χ0n) is 42.9. The minimum atomic E-state index is -5.12. The summed E-state index contributed by atoms with van der Waals surface area (Å²) in [5.74, 6) is -7.47. The first-order valence-electron chi connectivity index (χ1n) is 24.1. The standard InChI is InChI=1S/C51H76F3N5O10S/c1-13-33(6)46(58(10)49(64)39(31(2)3)28-42(61)45(32(4)5)57(8)9)43(68-11)29-44(62)59-25-17-20-40(59)47(69-12)34(7)41(60)27-37(26-35-18-15-14-16-19-35)48(63)56-70(66,67)30-36-21-23-38(24-22-36)55-50(65)51(52,53)54/h14-16,18-19,21-24,31-34,37,39-40,43,45-47H,13,17,20,25-30H2,1-12H3,(H,55,65)(H,56,63)/t33?,34-,37+,39-,40-,43+,45-,46-,47+/m0/s1. The van der Waals surface area contributed by atoms with Crippen LogP contribution in [0.25, 0.3) is 0 Å². The number of likely N-dealkylation sites (tertiary alicyclic amines) is 1. The van der Waals surface area contributed by atoms with Crippen LogP contribution in [0.4, 0.5) is 18.9 Å². The van der Waals surface area contributed by atoms with Gasteiger partial charge in [0.2, 0.25) is 27.7 Å². The molecule has 0 spiro atoms. The fraction of sp³-hybridized carbons (Fsp3) is 0.647. The maximum absolute atomic E-state index is 14.5. The summed E-state index contributed by atoms with van der Waals surface area (Å²) in [7, 11) is 4.00. The van der Waals surface area contributed by atoms with Crippen molar-refractivity contribution in [1.29, 1.82) is 0 Å². The number of amides is 4. The topological polar surface area (TPSA) is 189 Å². The molecule has 2 aromatic rings. The SMILES string of the molecule is CCC(C)[C@@H]([C@@H](CC(=O)N1CCC[C@H]1[C@H](OC)[C@@H](C)C(=O)C[C@@H](Cc1ccccc1)C(=O)NS(=O)(=O)Cc1ccc(NC(=O)C(F)(F)F)cc1)OC)N(C)C(=O)[C@@H](CC(=O)[C@H](C(C)C)N(C)C)C(C)C. The first-order valence-corrected chi connectivity index (χ1v) is 25.7. The van der Waals surface area contributed by atoms with Gasteiger partial charge in [-0.25, -0.2) is 8.42 Å². The summed E-state index contributed by atoms with van der Waals surface area (Å²) in [6, 6.07) is 11.9. The number of hydrogen-bond donors (Lipinski definition) is 2. The van der Waals surface area contributed by atoms with E-state index >= 15 is 0 Å². The number of benzene rings is 2. The van der Waals surface area contributed by atoms with E-state index in [1.165, 1.54) is 26.4 Å². The summed E-state index contributed by atoms with van der Waals surface area (Å²) >= 11 is 0. The number of methoxy groups -OCH3 is 2. The molecule has 0 aromatic heterocycles. The molecule has 15 nitrogen and oxygen atoms in total. The summed E-state index contributed by atoms with van der Waals surface area (Å²) in [6.07, 6.45) is -5.18. The summed E-state index contributed by atoms with van der Waals surface area (Å²) in [5, 5.41) is 1.68. The monoisotopic (exact) mass is 1010 g/mol. The van der Waals surface area contributed by atoms with E-state index in [0.717, 1.165) is 12.1 Å².